The maximum atomic E-state index is 12.2. The van der Waals surface area contributed by atoms with Gasteiger partial charge in [-0.25, -0.2) is 4.68 Å². The van der Waals surface area contributed by atoms with Crippen molar-refractivity contribution in [3.05, 3.63) is 47.1 Å². The molecule has 1 aromatic carbocycles. The second-order valence-electron chi connectivity index (χ2n) is 8.79. The fourth-order valence-corrected chi connectivity index (χ4v) is 4.74. The van der Waals surface area contributed by atoms with Gasteiger partial charge in [0.2, 0.25) is 5.95 Å². The molecule has 10 nitrogen and oxygen atoms in total. The van der Waals surface area contributed by atoms with Gasteiger partial charge in [0.1, 0.15) is 11.9 Å². The monoisotopic (exact) mass is 497 g/mol. The third kappa shape index (κ3) is 5.03. The average Bonchev–Trinajstić information content (AvgIpc) is 3.62. The van der Waals surface area contributed by atoms with Crippen LogP contribution in [0.25, 0.3) is 16.5 Å². The average molecular weight is 498 g/mol. The number of nitrogens with one attached hydrogen (secondary N) is 3. The van der Waals surface area contributed by atoms with E-state index in [-0.39, 0.29) is 24.7 Å². The van der Waals surface area contributed by atoms with Gasteiger partial charge >= 0.3 is 0 Å². The zero-order valence-electron chi connectivity index (χ0n) is 19.7. The zero-order valence-corrected chi connectivity index (χ0v) is 20.4. The highest BCUT2D eigenvalue weighted by molar-refractivity contribution is 6.38. The molecule has 0 saturated heterocycles. The smallest absolute Gasteiger partial charge is 0.258 e. The van der Waals surface area contributed by atoms with E-state index in [2.05, 4.69) is 30.9 Å². The Balaban J connectivity index is 1.27. The molecule has 2 aliphatic carbocycles. The van der Waals surface area contributed by atoms with Gasteiger partial charge in [-0.2, -0.15) is 10.1 Å². The minimum absolute atomic E-state index is 0.0248. The van der Waals surface area contributed by atoms with Crippen LogP contribution in [0.1, 0.15) is 37.9 Å². The Morgan fingerprint density at radius 2 is 2.11 bits per heavy atom. The van der Waals surface area contributed by atoms with Gasteiger partial charge in [0.25, 0.3) is 5.91 Å². The number of rotatable bonds is 8. The molecule has 5 rings (SSSR count). The lowest BCUT2D eigenvalue weighted by atomic mass is 10.0. The standard InChI is InChI=1S/C24H28ClN7O3/c1-32-24(28-18-9-8-17-16(22(18)25)12-26-30-17)29-23(31-32)14-7-10-19(20(11-14)34-2)35-13-21(33)27-15-5-3-4-6-15/h7-10,12,15,20H,3-6,11,13H2,1-2H3,(H,26,30)(H,27,33)(H,28,29,31). The molecule has 3 aromatic rings. The number of carbonyl (C=O) groups excluding carboxylic acids is 1. The maximum Gasteiger partial charge on any atom is 0.258 e. The maximum absolute atomic E-state index is 12.2. The molecular weight excluding hydrogens is 470 g/mol. The fraction of sp³-hybridized carbons (Fsp3) is 0.417. The number of aryl methyl sites for hydroxylation is 1. The van der Waals surface area contributed by atoms with Gasteiger partial charge in [-0.3, -0.25) is 9.89 Å². The number of amides is 1. The van der Waals surface area contributed by atoms with Gasteiger partial charge in [-0.05, 0) is 31.1 Å². The molecule has 184 valence electrons. The van der Waals surface area contributed by atoms with Crippen molar-refractivity contribution in [2.75, 3.05) is 19.0 Å². The molecule has 1 atom stereocenters. The topological polar surface area (TPSA) is 119 Å². The summed E-state index contributed by atoms with van der Waals surface area (Å²) in [6.07, 6.45) is 10.0. The van der Waals surface area contributed by atoms with Crippen LogP contribution in [0.3, 0.4) is 0 Å². The number of aromatic amines is 1. The molecular formula is C24H28ClN7O3. The van der Waals surface area contributed by atoms with Crippen molar-refractivity contribution in [3.8, 4) is 0 Å². The third-order valence-electron chi connectivity index (χ3n) is 6.40. The number of aromatic nitrogens is 5. The molecule has 35 heavy (non-hydrogen) atoms. The molecule has 0 spiro atoms. The van der Waals surface area contributed by atoms with E-state index >= 15 is 0 Å². The zero-order chi connectivity index (χ0) is 24.4. The lowest BCUT2D eigenvalue weighted by molar-refractivity contribution is -0.125. The van der Waals surface area contributed by atoms with Crippen molar-refractivity contribution >= 4 is 45.6 Å². The minimum atomic E-state index is -0.326. The van der Waals surface area contributed by atoms with E-state index in [1.54, 1.807) is 18.0 Å². The Kier molecular flexibility index (Phi) is 6.74. The molecule has 2 aliphatic rings. The van der Waals surface area contributed by atoms with Crippen molar-refractivity contribution < 1.29 is 14.3 Å². The van der Waals surface area contributed by atoms with Gasteiger partial charge in [0.05, 0.1) is 22.4 Å². The van der Waals surface area contributed by atoms with Crippen molar-refractivity contribution in [1.29, 1.82) is 0 Å². The van der Waals surface area contributed by atoms with Crippen LogP contribution in [0.4, 0.5) is 11.6 Å². The molecule has 3 N–H and O–H groups in total. The van der Waals surface area contributed by atoms with Crippen LogP contribution in [-0.4, -0.2) is 56.7 Å². The third-order valence-corrected chi connectivity index (χ3v) is 6.81. The lowest BCUT2D eigenvalue weighted by Gasteiger charge is -2.23. The number of fused-ring (bicyclic) bond motifs is 1. The Morgan fingerprint density at radius 1 is 1.29 bits per heavy atom. The predicted octanol–water partition coefficient (Wildman–Crippen LogP) is 3.85. The number of benzene rings is 1. The van der Waals surface area contributed by atoms with E-state index < -0.39 is 0 Å². The van der Waals surface area contributed by atoms with E-state index in [0.717, 1.165) is 29.3 Å². The second kappa shape index (κ2) is 10.1. The first kappa shape index (κ1) is 23.4. The molecule has 2 heterocycles. The fourth-order valence-electron chi connectivity index (χ4n) is 4.48. The number of carbonyl (C=O) groups is 1. The number of hydrogen-bond donors (Lipinski definition) is 3. The van der Waals surface area contributed by atoms with Crippen molar-refractivity contribution in [3.63, 3.8) is 0 Å². The summed E-state index contributed by atoms with van der Waals surface area (Å²) in [4.78, 5) is 16.9. The lowest BCUT2D eigenvalue weighted by Crippen LogP contribution is -2.36. The number of hydrogen-bond acceptors (Lipinski definition) is 7. The van der Waals surface area contributed by atoms with E-state index in [9.17, 15) is 4.79 Å². The van der Waals surface area contributed by atoms with E-state index in [4.69, 9.17) is 21.1 Å². The summed E-state index contributed by atoms with van der Waals surface area (Å²) in [5, 5.41) is 19.2. The largest absolute Gasteiger partial charge is 0.485 e. The van der Waals surface area contributed by atoms with Crippen LogP contribution >= 0.6 is 11.6 Å². The van der Waals surface area contributed by atoms with Crippen LogP contribution in [0.2, 0.25) is 5.02 Å². The summed E-state index contributed by atoms with van der Waals surface area (Å²) < 4.78 is 13.1. The molecule has 1 amide bonds. The molecule has 11 heteroatoms. The normalized spacial score (nSPS) is 18.4. The summed E-state index contributed by atoms with van der Waals surface area (Å²) in [5.74, 6) is 1.64. The Hall–Kier alpha value is -3.37. The Morgan fingerprint density at radius 3 is 2.91 bits per heavy atom. The minimum Gasteiger partial charge on any atom is -0.485 e. The number of allylic oxidation sites excluding steroid dienone is 2. The van der Waals surface area contributed by atoms with Gasteiger partial charge in [-0.1, -0.05) is 30.5 Å². The van der Waals surface area contributed by atoms with Gasteiger partial charge in [0.15, 0.2) is 12.4 Å². The summed E-state index contributed by atoms with van der Waals surface area (Å²) in [5.41, 5.74) is 2.47. The van der Waals surface area contributed by atoms with Crippen LogP contribution in [-0.2, 0) is 21.3 Å². The van der Waals surface area contributed by atoms with Crippen LogP contribution in [0.5, 0.6) is 0 Å². The second-order valence-corrected chi connectivity index (χ2v) is 9.17. The first-order valence-corrected chi connectivity index (χ1v) is 12.1. The van der Waals surface area contributed by atoms with Crippen molar-refractivity contribution in [2.24, 2.45) is 7.05 Å². The highest BCUT2D eigenvalue weighted by atomic mass is 35.5. The van der Waals surface area contributed by atoms with Crippen LogP contribution in [0, 0.1) is 0 Å². The number of H-pyrrole nitrogens is 1. The van der Waals surface area contributed by atoms with Gasteiger partial charge in [0, 0.05) is 37.6 Å². The molecule has 1 saturated carbocycles. The number of ether oxygens (including phenoxy) is 2. The Bertz CT molecular complexity index is 1290. The number of anilines is 2. The highest BCUT2D eigenvalue weighted by Gasteiger charge is 2.25. The van der Waals surface area contributed by atoms with Gasteiger partial charge < -0.3 is 20.1 Å². The summed E-state index contributed by atoms with van der Waals surface area (Å²) in [6, 6.07) is 4.04. The van der Waals surface area contributed by atoms with Crippen LogP contribution < -0.4 is 10.6 Å². The van der Waals surface area contributed by atoms with E-state index in [1.807, 2.05) is 31.3 Å². The Labute approximate surface area is 207 Å². The SMILES string of the molecule is COC1CC(c2nc(Nc3ccc4[nH]ncc4c3Cl)n(C)n2)=CC=C1OCC(=O)NC1CCCC1. The first-order valence-electron chi connectivity index (χ1n) is 11.7. The predicted molar refractivity (Wildman–Crippen MR) is 133 cm³/mol. The first-order chi connectivity index (χ1) is 17.0. The van der Waals surface area contributed by atoms with Gasteiger partial charge in [-0.15, -0.1) is 5.10 Å². The molecule has 0 bridgehead atoms. The van der Waals surface area contributed by atoms with E-state index in [1.165, 1.54) is 12.8 Å². The number of methoxy groups -OCH3 is 1. The molecule has 1 unspecified atom stereocenters. The van der Waals surface area contributed by atoms with Crippen molar-refractivity contribution in [1.82, 2.24) is 30.3 Å². The quantitative estimate of drug-likeness (QED) is 0.432. The molecule has 1 fully saturated rings. The summed E-state index contributed by atoms with van der Waals surface area (Å²) in [6.45, 7) is -0.0248. The summed E-state index contributed by atoms with van der Waals surface area (Å²) >= 11 is 6.54. The van der Waals surface area contributed by atoms with Crippen molar-refractivity contribution in [2.45, 2.75) is 44.2 Å². The summed E-state index contributed by atoms with van der Waals surface area (Å²) in [7, 11) is 3.43. The van der Waals surface area contributed by atoms with Crippen LogP contribution in [0.15, 0.2) is 36.2 Å². The molecule has 0 aliphatic heterocycles. The van der Waals surface area contributed by atoms with E-state index in [0.29, 0.717) is 34.7 Å². The number of halogens is 1. The highest BCUT2D eigenvalue weighted by Crippen LogP contribution is 2.33. The molecule has 0 radical (unpaired) electrons. The number of nitrogens with zero attached hydrogens (tertiary/aromatic N) is 4. The molecule has 2 aromatic heterocycles.